The maximum Gasteiger partial charge on any atom is 0.255 e. The predicted octanol–water partition coefficient (Wildman–Crippen LogP) is 4.26. The summed E-state index contributed by atoms with van der Waals surface area (Å²) in [5.41, 5.74) is 1.24. The van der Waals surface area contributed by atoms with Gasteiger partial charge in [-0.05, 0) is 55.8 Å². The van der Waals surface area contributed by atoms with Gasteiger partial charge < -0.3 is 10.2 Å². The first-order valence-electron chi connectivity index (χ1n) is 8.62. The smallest absolute Gasteiger partial charge is 0.255 e. The molecule has 0 unspecified atom stereocenters. The molecule has 142 valence electrons. The third kappa shape index (κ3) is 4.45. The maximum absolute atomic E-state index is 13.3. The van der Waals surface area contributed by atoms with E-state index in [0.29, 0.717) is 16.3 Å². The average Bonchev–Trinajstić information content (AvgIpc) is 3.07. The largest absolute Gasteiger partial charge is 0.352 e. The van der Waals surface area contributed by atoms with E-state index in [0.717, 1.165) is 5.56 Å². The average molecular weight is 407 g/mol. The fourth-order valence-corrected chi connectivity index (χ4v) is 4.52. The van der Waals surface area contributed by atoms with E-state index in [4.69, 9.17) is 11.6 Å². The Balaban J connectivity index is 1.95. The van der Waals surface area contributed by atoms with Gasteiger partial charge >= 0.3 is 0 Å². The Labute approximate surface area is 167 Å². The van der Waals surface area contributed by atoms with E-state index in [-0.39, 0.29) is 29.0 Å². The topological polar surface area (TPSA) is 49.4 Å². The lowest BCUT2D eigenvalue weighted by Crippen LogP contribution is -2.49. The molecular weight excluding hydrogens is 387 g/mol. The zero-order valence-electron chi connectivity index (χ0n) is 15.0. The zero-order chi connectivity index (χ0) is 19.6. The number of halogens is 2. The van der Waals surface area contributed by atoms with E-state index in [2.05, 4.69) is 5.32 Å². The molecule has 7 heteroatoms. The first-order chi connectivity index (χ1) is 12.9. The zero-order valence-corrected chi connectivity index (χ0v) is 16.6. The van der Waals surface area contributed by atoms with Crippen LogP contribution in [0.3, 0.4) is 0 Å². The molecular formula is C20H20ClFN2O2S. The summed E-state index contributed by atoms with van der Waals surface area (Å²) < 4.78 is 13.3. The molecule has 2 aromatic rings. The Hall–Kier alpha value is -2.05. The molecule has 0 spiro atoms. The summed E-state index contributed by atoms with van der Waals surface area (Å²) in [4.78, 5) is 27.5. The van der Waals surface area contributed by atoms with Crippen molar-refractivity contribution in [2.24, 2.45) is 0 Å². The molecule has 0 bridgehead atoms. The Morgan fingerprint density at radius 3 is 2.37 bits per heavy atom. The minimum atomic E-state index is -0.601. The Morgan fingerprint density at radius 1 is 1.15 bits per heavy atom. The second-order valence-electron chi connectivity index (χ2n) is 6.64. The molecule has 0 aromatic heterocycles. The summed E-state index contributed by atoms with van der Waals surface area (Å²) in [6, 6.07) is 12.0. The van der Waals surface area contributed by atoms with Crippen molar-refractivity contribution in [2.45, 2.75) is 31.3 Å². The van der Waals surface area contributed by atoms with Crippen molar-refractivity contribution in [3.05, 3.63) is 70.5 Å². The van der Waals surface area contributed by atoms with Crippen molar-refractivity contribution < 1.29 is 14.0 Å². The van der Waals surface area contributed by atoms with E-state index < -0.39 is 6.04 Å². The SMILES string of the molecule is CC(C)NC(=O)[C@H]1CS[C@@H](c2ccc(F)cc2)N1C(=O)c1ccc(Cl)cc1. The van der Waals surface area contributed by atoms with Crippen molar-refractivity contribution in [3.63, 3.8) is 0 Å². The molecule has 1 heterocycles. The second kappa shape index (κ2) is 8.31. The van der Waals surface area contributed by atoms with Crippen LogP contribution in [-0.2, 0) is 4.79 Å². The molecule has 27 heavy (non-hydrogen) atoms. The first kappa shape index (κ1) is 19.7. The number of hydrogen-bond acceptors (Lipinski definition) is 3. The lowest BCUT2D eigenvalue weighted by molar-refractivity contribution is -0.125. The van der Waals surface area contributed by atoms with E-state index in [1.807, 2.05) is 13.8 Å². The molecule has 1 aliphatic rings. The predicted molar refractivity (Wildman–Crippen MR) is 106 cm³/mol. The van der Waals surface area contributed by atoms with Crippen molar-refractivity contribution >= 4 is 35.2 Å². The summed E-state index contributed by atoms with van der Waals surface area (Å²) in [6.45, 7) is 3.76. The van der Waals surface area contributed by atoms with Gasteiger partial charge in [0.05, 0.1) is 0 Å². The van der Waals surface area contributed by atoms with E-state index in [1.54, 1.807) is 41.3 Å². The van der Waals surface area contributed by atoms with Gasteiger partial charge in [-0.3, -0.25) is 9.59 Å². The fourth-order valence-electron chi connectivity index (χ4n) is 2.96. The van der Waals surface area contributed by atoms with Crippen molar-refractivity contribution in [2.75, 3.05) is 5.75 Å². The van der Waals surface area contributed by atoms with Crippen LogP contribution in [0.4, 0.5) is 4.39 Å². The molecule has 1 saturated heterocycles. The highest BCUT2D eigenvalue weighted by molar-refractivity contribution is 7.99. The number of hydrogen-bond donors (Lipinski definition) is 1. The fraction of sp³-hybridized carbons (Fsp3) is 0.300. The molecule has 3 rings (SSSR count). The van der Waals surface area contributed by atoms with Crippen LogP contribution >= 0.6 is 23.4 Å². The molecule has 0 saturated carbocycles. The van der Waals surface area contributed by atoms with Crippen molar-refractivity contribution in [3.8, 4) is 0 Å². The molecule has 0 aliphatic carbocycles. The number of carbonyl (C=O) groups excluding carboxylic acids is 2. The van der Waals surface area contributed by atoms with Gasteiger partial charge in [0.2, 0.25) is 5.91 Å². The number of rotatable bonds is 4. The minimum absolute atomic E-state index is 0.0279. The van der Waals surface area contributed by atoms with E-state index in [1.165, 1.54) is 23.9 Å². The van der Waals surface area contributed by atoms with Crippen LogP contribution in [0.25, 0.3) is 0 Å². The second-order valence-corrected chi connectivity index (χ2v) is 8.19. The molecule has 2 atom stereocenters. The van der Waals surface area contributed by atoms with Gasteiger partial charge in [-0.15, -0.1) is 11.8 Å². The van der Waals surface area contributed by atoms with E-state index in [9.17, 15) is 14.0 Å². The van der Waals surface area contributed by atoms with Crippen LogP contribution < -0.4 is 5.32 Å². The number of carbonyl (C=O) groups is 2. The lowest BCUT2D eigenvalue weighted by Gasteiger charge is -2.29. The van der Waals surface area contributed by atoms with Gasteiger partial charge in [-0.1, -0.05) is 23.7 Å². The number of thioether (sulfide) groups is 1. The number of benzene rings is 2. The molecule has 1 fully saturated rings. The van der Waals surface area contributed by atoms with Crippen LogP contribution in [0.1, 0.15) is 35.1 Å². The number of nitrogens with zero attached hydrogens (tertiary/aromatic N) is 1. The molecule has 0 radical (unpaired) electrons. The van der Waals surface area contributed by atoms with Gasteiger partial charge in [-0.25, -0.2) is 4.39 Å². The minimum Gasteiger partial charge on any atom is -0.352 e. The highest BCUT2D eigenvalue weighted by Crippen LogP contribution is 2.42. The van der Waals surface area contributed by atoms with Crippen LogP contribution in [0.15, 0.2) is 48.5 Å². The molecule has 1 N–H and O–H groups in total. The van der Waals surface area contributed by atoms with Gasteiger partial charge in [-0.2, -0.15) is 0 Å². The van der Waals surface area contributed by atoms with Gasteiger partial charge in [0.15, 0.2) is 0 Å². The monoisotopic (exact) mass is 406 g/mol. The highest BCUT2D eigenvalue weighted by atomic mass is 35.5. The molecule has 4 nitrogen and oxygen atoms in total. The van der Waals surface area contributed by atoms with Crippen molar-refractivity contribution in [1.82, 2.24) is 10.2 Å². The summed E-state index contributed by atoms with van der Waals surface area (Å²) >= 11 is 7.42. The van der Waals surface area contributed by atoms with E-state index >= 15 is 0 Å². The summed E-state index contributed by atoms with van der Waals surface area (Å²) in [6.07, 6.45) is 0. The van der Waals surface area contributed by atoms with Crippen LogP contribution in [0.2, 0.25) is 5.02 Å². The molecule has 2 aromatic carbocycles. The quantitative estimate of drug-likeness (QED) is 0.825. The van der Waals surface area contributed by atoms with Gasteiger partial charge in [0.1, 0.15) is 17.2 Å². The van der Waals surface area contributed by atoms with Gasteiger partial charge in [0.25, 0.3) is 5.91 Å². The van der Waals surface area contributed by atoms with Crippen LogP contribution in [-0.4, -0.2) is 34.6 Å². The molecule has 2 amide bonds. The normalized spacial score (nSPS) is 19.4. The number of nitrogens with one attached hydrogen (secondary N) is 1. The number of amides is 2. The van der Waals surface area contributed by atoms with Gasteiger partial charge in [0, 0.05) is 22.4 Å². The standard InChI is InChI=1S/C20H20ClFN2O2S/c1-12(2)23-18(25)17-11-27-20(14-5-9-16(22)10-6-14)24(17)19(26)13-3-7-15(21)8-4-13/h3-10,12,17,20H,11H2,1-2H3,(H,23,25)/t17-,20+/m1/s1. The Bertz CT molecular complexity index is 827. The lowest BCUT2D eigenvalue weighted by atomic mass is 10.1. The maximum atomic E-state index is 13.3. The third-order valence-electron chi connectivity index (χ3n) is 4.21. The molecule has 1 aliphatic heterocycles. The summed E-state index contributed by atoms with van der Waals surface area (Å²) in [7, 11) is 0. The summed E-state index contributed by atoms with van der Waals surface area (Å²) in [5, 5.41) is 3.05. The Morgan fingerprint density at radius 2 is 1.78 bits per heavy atom. The highest BCUT2D eigenvalue weighted by Gasteiger charge is 2.42. The van der Waals surface area contributed by atoms with Crippen LogP contribution in [0, 0.1) is 5.82 Å². The Kier molecular flexibility index (Phi) is 6.07. The van der Waals surface area contributed by atoms with Crippen LogP contribution in [0.5, 0.6) is 0 Å². The summed E-state index contributed by atoms with van der Waals surface area (Å²) in [5.74, 6) is -0.314. The third-order valence-corrected chi connectivity index (χ3v) is 5.79. The van der Waals surface area contributed by atoms with Crippen molar-refractivity contribution in [1.29, 1.82) is 0 Å². The first-order valence-corrected chi connectivity index (χ1v) is 10.0.